The summed E-state index contributed by atoms with van der Waals surface area (Å²) in [6, 6.07) is 4.90. The summed E-state index contributed by atoms with van der Waals surface area (Å²) in [6.45, 7) is 6.02. The Balaban J connectivity index is 3.10. The number of ether oxygens (including phenoxy) is 1. The van der Waals surface area contributed by atoms with E-state index in [1.807, 2.05) is 20.8 Å². The van der Waals surface area contributed by atoms with E-state index in [1.165, 1.54) is 13.2 Å². The van der Waals surface area contributed by atoms with Gasteiger partial charge in [-0.3, -0.25) is 0 Å². The van der Waals surface area contributed by atoms with Crippen molar-refractivity contribution in [3.05, 3.63) is 29.3 Å². The SMILES string of the molecule is COc1cc(C(C)(C)C)ccc1CC(F)(F)F. The quantitative estimate of drug-likeness (QED) is 0.763. The second-order valence-corrected chi connectivity index (χ2v) is 5.07. The normalized spacial score (nSPS) is 12.6. The van der Waals surface area contributed by atoms with Crippen molar-refractivity contribution in [1.82, 2.24) is 0 Å². The molecule has 1 aromatic rings. The van der Waals surface area contributed by atoms with Gasteiger partial charge in [0, 0.05) is 5.56 Å². The Kier molecular flexibility index (Phi) is 3.74. The molecule has 0 spiro atoms. The van der Waals surface area contributed by atoms with Crippen molar-refractivity contribution in [3.8, 4) is 5.75 Å². The van der Waals surface area contributed by atoms with Crippen molar-refractivity contribution in [2.75, 3.05) is 7.11 Å². The molecule has 0 atom stereocenters. The summed E-state index contributed by atoms with van der Waals surface area (Å²) in [5.74, 6) is 0.301. The molecular formula is C13H17F3O. The molecule has 0 bridgehead atoms. The molecule has 17 heavy (non-hydrogen) atoms. The molecule has 0 aromatic heterocycles. The Morgan fingerprint density at radius 3 is 2.12 bits per heavy atom. The number of hydrogen-bond donors (Lipinski definition) is 0. The van der Waals surface area contributed by atoms with E-state index < -0.39 is 12.6 Å². The Hall–Kier alpha value is -1.19. The smallest absolute Gasteiger partial charge is 0.393 e. The van der Waals surface area contributed by atoms with Crippen LogP contribution in [0.25, 0.3) is 0 Å². The van der Waals surface area contributed by atoms with Gasteiger partial charge in [0.1, 0.15) is 5.75 Å². The highest BCUT2D eigenvalue weighted by Gasteiger charge is 2.29. The van der Waals surface area contributed by atoms with E-state index in [0.29, 0.717) is 5.75 Å². The number of methoxy groups -OCH3 is 1. The second-order valence-electron chi connectivity index (χ2n) is 5.07. The van der Waals surface area contributed by atoms with Crippen LogP contribution in [0.1, 0.15) is 31.9 Å². The van der Waals surface area contributed by atoms with E-state index in [9.17, 15) is 13.2 Å². The van der Waals surface area contributed by atoms with Gasteiger partial charge in [0.2, 0.25) is 0 Å². The summed E-state index contributed by atoms with van der Waals surface area (Å²) in [7, 11) is 1.39. The lowest BCUT2D eigenvalue weighted by atomic mass is 9.86. The lowest BCUT2D eigenvalue weighted by Gasteiger charge is -2.21. The molecule has 0 aliphatic rings. The molecule has 96 valence electrons. The van der Waals surface area contributed by atoms with Crippen molar-refractivity contribution in [2.24, 2.45) is 0 Å². The first-order valence-electron chi connectivity index (χ1n) is 5.37. The molecule has 0 unspecified atom stereocenters. The molecular weight excluding hydrogens is 229 g/mol. The predicted octanol–water partition coefficient (Wildman–Crippen LogP) is 4.10. The fourth-order valence-corrected chi connectivity index (χ4v) is 1.57. The zero-order valence-electron chi connectivity index (χ0n) is 10.5. The lowest BCUT2D eigenvalue weighted by molar-refractivity contribution is -0.127. The third-order valence-corrected chi connectivity index (χ3v) is 2.54. The fraction of sp³-hybridized carbons (Fsp3) is 0.538. The number of rotatable bonds is 2. The number of halogens is 3. The standard InChI is InChI=1S/C13H17F3O/c1-12(2,3)10-6-5-9(8-13(14,15)16)11(7-10)17-4/h5-7H,8H2,1-4H3. The Labute approximate surface area is 99.6 Å². The second kappa shape index (κ2) is 4.59. The van der Waals surface area contributed by atoms with Crippen LogP contribution in [-0.2, 0) is 11.8 Å². The molecule has 0 fully saturated rings. The molecule has 0 radical (unpaired) electrons. The van der Waals surface area contributed by atoms with Crippen molar-refractivity contribution in [1.29, 1.82) is 0 Å². The summed E-state index contributed by atoms with van der Waals surface area (Å²) in [5.41, 5.74) is 1.03. The molecule has 0 saturated carbocycles. The van der Waals surface area contributed by atoms with Crippen molar-refractivity contribution < 1.29 is 17.9 Å². The maximum Gasteiger partial charge on any atom is 0.393 e. The van der Waals surface area contributed by atoms with Gasteiger partial charge in [-0.1, -0.05) is 32.9 Å². The predicted molar refractivity (Wildman–Crippen MR) is 61.5 cm³/mol. The highest BCUT2D eigenvalue weighted by molar-refractivity contribution is 5.40. The number of benzene rings is 1. The summed E-state index contributed by atoms with van der Waals surface area (Å²) in [4.78, 5) is 0. The minimum Gasteiger partial charge on any atom is -0.496 e. The molecule has 1 rings (SSSR count). The highest BCUT2D eigenvalue weighted by atomic mass is 19.4. The number of alkyl halides is 3. The molecule has 0 aliphatic carbocycles. The van der Waals surface area contributed by atoms with Crippen LogP contribution in [0, 0.1) is 0 Å². The topological polar surface area (TPSA) is 9.23 Å². The zero-order valence-corrected chi connectivity index (χ0v) is 10.5. The summed E-state index contributed by atoms with van der Waals surface area (Å²) < 4.78 is 42.0. The van der Waals surface area contributed by atoms with E-state index in [0.717, 1.165) is 5.56 Å². The zero-order chi connectivity index (χ0) is 13.3. The summed E-state index contributed by atoms with van der Waals surface area (Å²) in [6.07, 6.45) is -5.17. The van der Waals surface area contributed by atoms with Crippen molar-refractivity contribution in [3.63, 3.8) is 0 Å². The minimum atomic E-state index is -4.21. The molecule has 0 amide bonds. The molecule has 0 saturated heterocycles. The van der Waals surface area contributed by atoms with Gasteiger partial charge in [-0.15, -0.1) is 0 Å². The van der Waals surface area contributed by atoms with Gasteiger partial charge in [-0.2, -0.15) is 13.2 Å². The van der Waals surface area contributed by atoms with Crippen LogP contribution in [0.2, 0.25) is 0 Å². The van der Waals surface area contributed by atoms with Crippen LogP contribution in [0.15, 0.2) is 18.2 Å². The minimum absolute atomic E-state index is 0.107. The van der Waals surface area contributed by atoms with Gasteiger partial charge in [-0.25, -0.2) is 0 Å². The molecule has 0 N–H and O–H groups in total. The van der Waals surface area contributed by atoms with Gasteiger partial charge in [0.05, 0.1) is 13.5 Å². The maximum absolute atomic E-state index is 12.3. The Morgan fingerprint density at radius 2 is 1.71 bits per heavy atom. The Morgan fingerprint density at radius 1 is 1.12 bits per heavy atom. The molecule has 1 aromatic carbocycles. The van der Waals surface area contributed by atoms with Gasteiger partial charge in [0.25, 0.3) is 0 Å². The lowest BCUT2D eigenvalue weighted by Crippen LogP contribution is -2.14. The molecule has 4 heteroatoms. The van der Waals surface area contributed by atoms with E-state index in [2.05, 4.69) is 0 Å². The van der Waals surface area contributed by atoms with E-state index in [1.54, 1.807) is 12.1 Å². The maximum atomic E-state index is 12.3. The summed E-state index contributed by atoms with van der Waals surface area (Å²) in [5, 5.41) is 0. The van der Waals surface area contributed by atoms with Gasteiger partial charge < -0.3 is 4.74 Å². The number of hydrogen-bond acceptors (Lipinski definition) is 1. The van der Waals surface area contributed by atoms with Crippen molar-refractivity contribution >= 4 is 0 Å². The largest absolute Gasteiger partial charge is 0.496 e. The fourth-order valence-electron chi connectivity index (χ4n) is 1.57. The van der Waals surface area contributed by atoms with Gasteiger partial charge >= 0.3 is 6.18 Å². The van der Waals surface area contributed by atoms with Gasteiger partial charge in [0.15, 0.2) is 0 Å². The van der Waals surface area contributed by atoms with E-state index in [4.69, 9.17) is 4.74 Å². The van der Waals surface area contributed by atoms with Crippen LogP contribution in [0.3, 0.4) is 0 Å². The van der Waals surface area contributed by atoms with Crippen LogP contribution < -0.4 is 4.74 Å². The molecule has 1 nitrogen and oxygen atoms in total. The van der Waals surface area contributed by atoms with Crippen LogP contribution in [0.4, 0.5) is 13.2 Å². The highest BCUT2D eigenvalue weighted by Crippen LogP contribution is 2.32. The first kappa shape index (κ1) is 13.9. The monoisotopic (exact) mass is 246 g/mol. The van der Waals surface area contributed by atoms with Crippen LogP contribution in [-0.4, -0.2) is 13.3 Å². The first-order valence-corrected chi connectivity index (χ1v) is 5.37. The average Bonchev–Trinajstić information content (AvgIpc) is 2.14. The van der Waals surface area contributed by atoms with E-state index >= 15 is 0 Å². The van der Waals surface area contributed by atoms with Gasteiger partial charge in [-0.05, 0) is 17.0 Å². The molecule has 0 aliphatic heterocycles. The van der Waals surface area contributed by atoms with Crippen LogP contribution >= 0.6 is 0 Å². The van der Waals surface area contributed by atoms with Crippen molar-refractivity contribution in [2.45, 2.75) is 38.8 Å². The third-order valence-electron chi connectivity index (χ3n) is 2.54. The first-order chi connectivity index (χ1) is 7.63. The third kappa shape index (κ3) is 3.95. The van der Waals surface area contributed by atoms with E-state index in [-0.39, 0.29) is 11.0 Å². The molecule has 0 heterocycles. The summed E-state index contributed by atoms with van der Waals surface area (Å²) >= 11 is 0. The average molecular weight is 246 g/mol. The van der Waals surface area contributed by atoms with Crippen LogP contribution in [0.5, 0.6) is 5.75 Å². The Bertz CT molecular complexity index is 389.